The van der Waals surface area contributed by atoms with Gasteiger partial charge in [-0.05, 0) is 154 Å². The summed E-state index contributed by atoms with van der Waals surface area (Å²) in [6.45, 7) is 21.0. The van der Waals surface area contributed by atoms with Crippen molar-refractivity contribution in [1.82, 2.24) is 0 Å². The average Bonchev–Trinajstić information content (AvgIpc) is 3.83. The van der Waals surface area contributed by atoms with Gasteiger partial charge in [0.1, 0.15) is 0 Å². The molecule has 0 spiro atoms. The molecular weight excluding hydrogens is 504 g/mol. The van der Waals surface area contributed by atoms with Crippen LogP contribution >= 0.6 is 0 Å². The van der Waals surface area contributed by atoms with Crippen molar-refractivity contribution in [3.05, 3.63) is 60.8 Å². The molecule has 14 unspecified atom stereocenters. The summed E-state index contributed by atoms with van der Waals surface area (Å²) >= 11 is 0. The van der Waals surface area contributed by atoms with Crippen LogP contribution in [-0.4, -0.2) is 0 Å². The summed E-state index contributed by atoms with van der Waals surface area (Å²) in [6.07, 6.45) is 30.0. The van der Waals surface area contributed by atoms with Crippen LogP contribution in [-0.2, 0) is 0 Å². The maximum atomic E-state index is 4.45. The zero-order chi connectivity index (χ0) is 29.5. The number of unbranched alkanes of at least 4 members (excludes halogenated alkanes) is 2. The number of hydrogen-bond donors (Lipinski definition) is 0. The standard InChI is InChI=1S/C18H26.C15H22.C9H16/c1-3-4-5-11(2)15-9-14-10-16(15)18-13-7-6-12(8-13)17(14)18;1-2-3-9-6-12-8-13(9)15-11-5-4-10(7-11)14(12)15;1-5-6-7-9(4)8(2)3/h6-7,12-18H,2-5,8-10H2,1H3;4-5,9-15H,2-3,6-8H2,1H3;2,4-7H2,1,3H3. The van der Waals surface area contributed by atoms with Gasteiger partial charge in [-0.3, -0.25) is 0 Å². The van der Waals surface area contributed by atoms with E-state index < -0.39 is 0 Å². The van der Waals surface area contributed by atoms with Crippen LogP contribution in [0.3, 0.4) is 0 Å². The molecule has 8 bridgehead atoms. The van der Waals surface area contributed by atoms with E-state index in [1.54, 1.807) is 24.8 Å². The first-order chi connectivity index (χ1) is 20.4. The Morgan fingerprint density at radius 3 is 1.69 bits per heavy atom. The minimum atomic E-state index is 0.899. The predicted octanol–water partition coefficient (Wildman–Crippen LogP) is 12.0. The molecule has 8 aliphatic carbocycles. The second-order valence-electron chi connectivity index (χ2n) is 16.4. The second-order valence-corrected chi connectivity index (χ2v) is 16.4. The summed E-state index contributed by atoms with van der Waals surface area (Å²) in [4.78, 5) is 0. The van der Waals surface area contributed by atoms with Crippen LogP contribution in [0, 0.1) is 82.9 Å². The van der Waals surface area contributed by atoms with Gasteiger partial charge in [0, 0.05) is 0 Å². The van der Waals surface area contributed by atoms with E-state index in [9.17, 15) is 0 Å². The Labute approximate surface area is 260 Å². The Bertz CT molecular complexity index is 1050. The lowest BCUT2D eigenvalue weighted by atomic mass is 9.67. The first-order valence-corrected chi connectivity index (χ1v) is 18.7. The third kappa shape index (κ3) is 5.53. The molecule has 0 heteroatoms. The average molecular weight is 569 g/mol. The Kier molecular flexibility index (Phi) is 9.49. The zero-order valence-electron chi connectivity index (χ0n) is 27.9. The molecule has 0 aromatic rings. The highest BCUT2D eigenvalue weighted by atomic mass is 14.7. The normalized spacial score (nSPS) is 45.0. The van der Waals surface area contributed by atoms with Gasteiger partial charge in [-0.1, -0.05) is 107 Å². The van der Waals surface area contributed by atoms with Crippen LogP contribution in [0.1, 0.15) is 118 Å². The fourth-order valence-corrected chi connectivity index (χ4v) is 12.5. The third-order valence-corrected chi connectivity index (χ3v) is 14.1. The molecule has 0 saturated heterocycles. The molecule has 0 N–H and O–H groups in total. The number of fused-ring (bicyclic) bond motifs is 18. The van der Waals surface area contributed by atoms with Crippen molar-refractivity contribution in [2.24, 2.45) is 82.9 Å². The molecular formula is C42H64. The van der Waals surface area contributed by atoms with Gasteiger partial charge in [0.2, 0.25) is 0 Å². The van der Waals surface area contributed by atoms with Gasteiger partial charge in [0.25, 0.3) is 0 Å². The van der Waals surface area contributed by atoms with E-state index >= 15 is 0 Å². The Morgan fingerprint density at radius 2 is 1.12 bits per heavy atom. The summed E-state index contributed by atoms with van der Waals surface area (Å²) < 4.78 is 0. The largest absolute Gasteiger partial charge is 0.0996 e. The van der Waals surface area contributed by atoms with Crippen molar-refractivity contribution >= 4 is 0 Å². The summed E-state index contributed by atoms with van der Waals surface area (Å²) in [5.74, 6) is 14.7. The molecule has 14 atom stereocenters. The van der Waals surface area contributed by atoms with Crippen LogP contribution in [0.4, 0.5) is 0 Å². The van der Waals surface area contributed by atoms with Gasteiger partial charge in [0.15, 0.2) is 0 Å². The molecule has 6 fully saturated rings. The molecule has 0 nitrogen and oxygen atoms in total. The van der Waals surface area contributed by atoms with Crippen molar-refractivity contribution in [3.8, 4) is 0 Å². The van der Waals surface area contributed by atoms with E-state index in [-0.39, 0.29) is 0 Å². The molecule has 0 aromatic heterocycles. The molecule has 0 aromatic carbocycles. The first kappa shape index (κ1) is 30.7. The molecule has 0 aliphatic heterocycles. The highest BCUT2D eigenvalue weighted by molar-refractivity contribution is 5.24. The van der Waals surface area contributed by atoms with Crippen molar-refractivity contribution in [3.63, 3.8) is 0 Å². The fourth-order valence-electron chi connectivity index (χ4n) is 12.5. The molecule has 42 heavy (non-hydrogen) atoms. The van der Waals surface area contributed by atoms with Gasteiger partial charge < -0.3 is 0 Å². The SMILES string of the molecule is C=C(C)C(=C)CCCC.C=C(CCCC)C1CC2CC1C1C3C=CC(C3)C21.CCCC1CC2CC1C1C3C=CC(C3)C21. The monoisotopic (exact) mass is 569 g/mol. The van der Waals surface area contributed by atoms with Crippen LogP contribution < -0.4 is 0 Å². The molecule has 0 amide bonds. The first-order valence-electron chi connectivity index (χ1n) is 18.7. The van der Waals surface area contributed by atoms with Crippen molar-refractivity contribution < 1.29 is 0 Å². The summed E-state index contributed by atoms with van der Waals surface area (Å²) in [5.41, 5.74) is 3.94. The number of rotatable bonds is 10. The van der Waals surface area contributed by atoms with Crippen LogP contribution in [0.2, 0.25) is 0 Å². The summed E-state index contributed by atoms with van der Waals surface area (Å²) in [7, 11) is 0. The molecule has 0 heterocycles. The molecule has 8 rings (SSSR count). The van der Waals surface area contributed by atoms with Gasteiger partial charge in [-0.25, -0.2) is 0 Å². The van der Waals surface area contributed by atoms with E-state index in [2.05, 4.69) is 64.8 Å². The fraction of sp³-hybridized carbons (Fsp3) is 0.762. The number of allylic oxidation sites excluding steroid dienone is 7. The van der Waals surface area contributed by atoms with Gasteiger partial charge in [-0.15, -0.1) is 0 Å². The smallest absolute Gasteiger partial charge is 0.0172 e. The number of hydrogen-bond acceptors (Lipinski definition) is 0. The van der Waals surface area contributed by atoms with E-state index in [0.29, 0.717) is 0 Å². The Morgan fingerprint density at radius 1 is 0.595 bits per heavy atom. The quantitative estimate of drug-likeness (QED) is 0.140. The predicted molar refractivity (Wildman–Crippen MR) is 182 cm³/mol. The Balaban J connectivity index is 0.000000120. The maximum Gasteiger partial charge on any atom is -0.0172 e. The van der Waals surface area contributed by atoms with Gasteiger partial charge >= 0.3 is 0 Å². The van der Waals surface area contributed by atoms with Crippen LogP contribution in [0.5, 0.6) is 0 Å². The van der Waals surface area contributed by atoms with Crippen LogP contribution in [0.15, 0.2) is 60.8 Å². The van der Waals surface area contributed by atoms with E-state index in [1.165, 1.54) is 69.8 Å². The van der Waals surface area contributed by atoms with Crippen molar-refractivity contribution in [1.29, 1.82) is 0 Å². The lowest BCUT2D eigenvalue weighted by Crippen LogP contribution is -2.31. The molecule has 6 saturated carbocycles. The summed E-state index contributed by atoms with van der Waals surface area (Å²) in [5, 5.41) is 0. The highest BCUT2D eigenvalue weighted by Gasteiger charge is 2.61. The molecule has 8 aliphatic rings. The Hall–Kier alpha value is -1.30. The van der Waals surface area contributed by atoms with Crippen molar-refractivity contribution in [2.45, 2.75) is 118 Å². The lowest BCUT2D eigenvalue weighted by molar-refractivity contribution is 0.143. The lowest BCUT2D eigenvalue weighted by Gasteiger charge is -2.37. The van der Waals surface area contributed by atoms with E-state index in [0.717, 1.165) is 94.8 Å². The van der Waals surface area contributed by atoms with E-state index in [1.807, 2.05) is 6.92 Å². The zero-order valence-corrected chi connectivity index (χ0v) is 27.9. The second kappa shape index (κ2) is 13.0. The topological polar surface area (TPSA) is 0 Å². The van der Waals surface area contributed by atoms with Crippen LogP contribution in [0.25, 0.3) is 0 Å². The van der Waals surface area contributed by atoms with Crippen molar-refractivity contribution in [2.75, 3.05) is 0 Å². The minimum Gasteiger partial charge on any atom is -0.0996 e. The minimum absolute atomic E-state index is 0.899. The van der Waals surface area contributed by atoms with E-state index in [4.69, 9.17) is 0 Å². The highest BCUT2D eigenvalue weighted by Crippen LogP contribution is 2.69. The maximum absolute atomic E-state index is 4.45. The van der Waals surface area contributed by atoms with Gasteiger partial charge in [0.05, 0.1) is 0 Å². The third-order valence-electron chi connectivity index (χ3n) is 14.1. The summed E-state index contributed by atoms with van der Waals surface area (Å²) in [6, 6.07) is 0. The molecule has 0 radical (unpaired) electrons. The van der Waals surface area contributed by atoms with Gasteiger partial charge in [-0.2, -0.15) is 0 Å². The molecule has 232 valence electrons.